The molecule has 4 heteroatoms. The SMILES string of the molecule is C=S(N)(=O)NC. The fourth-order valence-electron chi connectivity index (χ4n) is 0. The standard InChI is InChI=1S/C2H8N2OS/c1-4-6(2,3)5/h2H2,1H3,(H3,3,4,5). The average molecular weight is 108 g/mol. The first-order valence-corrected chi connectivity index (χ1v) is 3.19. The van der Waals surface area contributed by atoms with Crippen molar-refractivity contribution in [2.75, 3.05) is 7.05 Å². The monoisotopic (exact) mass is 108 g/mol. The minimum Gasteiger partial charge on any atom is -0.248 e. The Hall–Kier alpha value is -0.0600. The van der Waals surface area contributed by atoms with Gasteiger partial charge in [0.25, 0.3) is 0 Å². The second kappa shape index (κ2) is 1.59. The molecule has 0 aromatic carbocycles. The van der Waals surface area contributed by atoms with Crippen LogP contribution in [-0.2, 0) is 9.89 Å². The summed E-state index contributed by atoms with van der Waals surface area (Å²) in [5.41, 5.74) is 0. The summed E-state index contributed by atoms with van der Waals surface area (Å²) in [4.78, 5) is 0. The van der Waals surface area contributed by atoms with Crippen LogP contribution in [0.15, 0.2) is 0 Å². The Balaban J connectivity index is 3.85. The molecule has 1 atom stereocenters. The zero-order valence-electron chi connectivity index (χ0n) is 3.60. The number of rotatable bonds is 1. The third kappa shape index (κ3) is 3.94. The molecule has 0 radical (unpaired) electrons. The summed E-state index contributed by atoms with van der Waals surface area (Å²) in [6.07, 6.45) is 0. The summed E-state index contributed by atoms with van der Waals surface area (Å²) in [6, 6.07) is 0. The van der Waals surface area contributed by atoms with E-state index < -0.39 is 9.89 Å². The first kappa shape index (κ1) is 5.94. The topological polar surface area (TPSA) is 55.1 Å². The Morgan fingerprint density at radius 3 is 2.17 bits per heavy atom. The summed E-state index contributed by atoms with van der Waals surface area (Å²) < 4.78 is 12.4. The van der Waals surface area contributed by atoms with E-state index in [9.17, 15) is 4.21 Å². The van der Waals surface area contributed by atoms with Crippen molar-refractivity contribution in [3.8, 4) is 0 Å². The van der Waals surface area contributed by atoms with Gasteiger partial charge in [0.05, 0.1) is 9.89 Å². The minimum absolute atomic E-state index is 1.50. The van der Waals surface area contributed by atoms with Crippen molar-refractivity contribution in [2.45, 2.75) is 0 Å². The number of hydrogen-bond donors (Lipinski definition) is 2. The van der Waals surface area contributed by atoms with Crippen molar-refractivity contribution >= 4 is 15.8 Å². The molecule has 0 rings (SSSR count). The van der Waals surface area contributed by atoms with Gasteiger partial charge in [0.2, 0.25) is 0 Å². The highest BCUT2D eigenvalue weighted by molar-refractivity contribution is 7.96. The van der Waals surface area contributed by atoms with Crippen LogP contribution in [0.25, 0.3) is 0 Å². The van der Waals surface area contributed by atoms with Crippen LogP contribution in [0.1, 0.15) is 0 Å². The molecule has 0 aliphatic heterocycles. The zero-order valence-corrected chi connectivity index (χ0v) is 4.42. The summed E-state index contributed by atoms with van der Waals surface area (Å²) in [7, 11) is -0.917. The molecule has 0 heterocycles. The van der Waals surface area contributed by atoms with Crippen LogP contribution in [0.3, 0.4) is 0 Å². The first-order chi connectivity index (χ1) is 2.56. The number of nitrogens with two attached hydrogens (primary N) is 1. The van der Waals surface area contributed by atoms with Gasteiger partial charge >= 0.3 is 0 Å². The smallest absolute Gasteiger partial charge is 0.0823 e. The molecule has 0 aromatic rings. The van der Waals surface area contributed by atoms with Crippen LogP contribution >= 0.6 is 0 Å². The fraction of sp³-hybridized carbons (Fsp3) is 0.500. The van der Waals surface area contributed by atoms with Gasteiger partial charge in [-0.2, -0.15) is 0 Å². The molecular formula is C2H8N2OS. The second-order valence-corrected chi connectivity index (χ2v) is 2.79. The predicted octanol–water partition coefficient (Wildman–Crippen LogP) is -1.29. The predicted molar refractivity (Wildman–Crippen MR) is 28.5 cm³/mol. The van der Waals surface area contributed by atoms with Crippen LogP contribution in [0.5, 0.6) is 0 Å². The third-order valence-electron chi connectivity index (χ3n) is 0.346. The first-order valence-electron chi connectivity index (χ1n) is 1.40. The molecule has 0 spiro atoms. The third-order valence-corrected chi connectivity index (χ3v) is 1.04. The van der Waals surface area contributed by atoms with Gasteiger partial charge in [0.15, 0.2) is 0 Å². The van der Waals surface area contributed by atoms with Crippen LogP contribution in [0.4, 0.5) is 0 Å². The lowest BCUT2D eigenvalue weighted by Crippen LogP contribution is -2.26. The maximum atomic E-state index is 10.1. The van der Waals surface area contributed by atoms with E-state index in [2.05, 4.69) is 10.6 Å². The second-order valence-electron chi connectivity index (χ2n) is 0.930. The van der Waals surface area contributed by atoms with Gasteiger partial charge in [-0.15, -0.1) is 0 Å². The summed E-state index contributed by atoms with van der Waals surface area (Å²) >= 11 is 0. The van der Waals surface area contributed by atoms with Crippen molar-refractivity contribution in [1.82, 2.24) is 4.72 Å². The van der Waals surface area contributed by atoms with Crippen LogP contribution < -0.4 is 9.86 Å². The fourth-order valence-corrected chi connectivity index (χ4v) is 0. The van der Waals surface area contributed by atoms with Gasteiger partial charge < -0.3 is 0 Å². The molecule has 38 valence electrons. The van der Waals surface area contributed by atoms with Crippen molar-refractivity contribution < 1.29 is 4.21 Å². The molecule has 3 N–H and O–H groups in total. The van der Waals surface area contributed by atoms with Gasteiger partial charge in [-0.3, -0.25) is 0 Å². The molecule has 0 bridgehead atoms. The highest BCUT2D eigenvalue weighted by Crippen LogP contribution is 1.54. The van der Waals surface area contributed by atoms with E-state index in [1.54, 1.807) is 0 Å². The summed E-state index contributed by atoms with van der Waals surface area (Å²) in [6.45, 7) is 0. The summed E-state index contributed by atoms with van der Waals surface area (Å²) in [5, 5.41) is 4.84. The molecule has 0 saturated carbocycles. The van der Waals surface area contributed by atoms with E-state index in [0.29, 0.717) is 0 Å². The van der Waals surface area contributed by atoms with E-state index >= 15 is 0 Å². The number of nitrogens with one attached hydrogen (secondary N) is 1. The largest absolute Gasteiger partial charge is 0.248 e. The van der Waals surface area contributed by atoms with Crippen molar-refractivity contribution in [2.24, 2.45) is 5.14 Å². The quantitative estimate of drug-likeness (QED) is 0.403. The van der Waals surface area contributed by atoms with Crippen LogP contribution in [0.2, 0.25) is 0 Å². The van der Waals surface area contributed by atoms with Crippen molar-refractivity contribution in [1.29, 1.82) is 0 Å². The molecule has 0 aliphatic carbocycles. The Bertz CT molecular complexity index is 114. The molecule has 0 aromatic heterocycles. The summed E-state index contributed by atoms with van der Waals surface area (Å²) in [5.74, 6) is 3.08. The van der Waals surface area contributed by atoms with E-state index in [-0.39, 0.29) is 0 Å². The molecule has 0 fully saturated rings. The normalized spacial score (nSPS) is 19.7. The lowest BCUT2D eigenvalue weighted by atomic mass is 11.6. The Morgan fingerprint density at radius 1 is 2.00 bits per heavy atom. The average Bonchev–Trinajstić information content (AvgIpc) is 1.35. The highest BCUT2D eigenvalue weighted by Gasteiger charge is 1.79. The molecular weight excluding hydrogens is 100 g/mol. The molecule has 6 heavy (non-hydrogen) atoms. The highest BCUT2D eigenvalue weighted by atomic mass is 32.2. The van der Waals surface area contributed by atoms with Gasteiger partial charge in [-0.25, -0.2) is 14.1 Å². The van der Waals surface area contributed by atoms with Gasteiger partial charge in [-0.1, -0.05) is 0 Å². The Morgan fingerprint density at radius 2 is 2.17 bits per heavy atom. The lowest BCUT2D eigenvalue weighted by Gasteiger charge is -1.93. The molecule has 1 unspecified atom stereocenters. The van der Waals surface area contributed by atoms with Gasteiger partial charge in [0, 0.05) is 0 Å². The van der Waals surface area contributed by atoms with Gasteiger partial charge in [0.1, 0.15) is 0 Å². The molecule has 0 amide bonds. The molecule has 0 saturated heterocycles. The molecule has 0 aliphatic rings. The number of hydrogen-bond acceptors (Lipinski definition) is 1. The van der Waals surface area contributed by atoms with Crippen LogP contribution in [0, 0.1) is 0 Å². The minimum atomic E-state index is -2.41. The van der Waals surface area contributed by atoms with Crippen LogP contribution in [-0.4, -0.2) is 17.1 Å². The van der Waals surface area contributed by atoms with E-state index in [1.807, 2.05) is 0 Å². The Kier molecular flexibility index (Phi) is 1.58. The van der Waals surface area contributed by atoms with Crippen molar-refractivity contribution in [3.05, 3.63) is 0 Å². The lowest BCUT2D eigenvalue weighted by molar-refractivity contribution is 0.677. The molecule has 3 nitrogen and oxygen atoms in total. The zero-order chi connectivity index (χ0) is 5.21. The maximum Gasteiger partial charge on any atom is 0.0823 e. The van der Waals surface area contributed by atoms with E-state index in [0.717, 1.165) is 0 Å². The Labute approximate surface area is 37.8 Å². The van der Waals surface area contributed by atoms with E-state index in [1.165, 1.54) is 7.05 Å². The maximum absolute atomic E-state index is 10.1. The van der Waals surface area contributed by atoms with E-state index in [4.69, 9.17) is 5.14 Å². The van der Waals surface area contributed by atoms with Gasteiger partial charge in [-0.05, 0) is 12.9 Å². The van der Waals surface area contributed by atoms with Crippen molar-refractivity contribution in [3.63, 3.8) is 0 Å².